The highest BCUT2D eigenvalue weighted by Gasteiger charge is 2.20. The van der Waals surface area contributed by atoms with Crippen molar-refractivity contribution in [3.05, 3.63) is 48.5 Å². The van der Waals surface area contributed by atoms with Gasteiger partial charge in [0, 0.05) is 18.8 Å². The van der Waals surface area contributed by atoms with Crippen LogP contribution in [0.4, 0.5) is 5.69 Å². The molecule has 8 nitrogen and oxygen atoms in total. The molecule has 2 aromatic rings. The number of amides is 1. The van der Waals surface area contributed by atoms with Crippen LogP contribution in [0, 0.1) is 0 Å². The van der Waals surface area contributed by atoms with Gasteiger partial charge in [0.1, 0.15) is 11.5 Å². The fourth-order valence-electron chi connectivity index (χ4n) is 2.83. The molecule has 0 radical (unpaired) electrons. The predicted molar refractivity (Wildman–Crippen MR) is 108 cm³/mol. The van der Waals surface area contributed by atoms with Gasteiger partial charge in [0.05, 0.1) is 18.1 Å². The number of carbonyl (C=O) groups is 1. The predicted octanol–water partition coefficient (Wildman–Crippen LogP) is 2.17. The van der Waals surface area contributed by atoms with E-state index >= 15 is 0 Å². The summed E-state index contributed by atoms with van der Waals surface area (Å²) in [5, 5.41) is 2.67. The van der Waals surface area contributed by atoms with Gasteiger partial charge in [-0.1, -0.05) is 0 Å². The number of methoxy groups -OCH3 is 1. The van der Waals surface area contributed by atoms with Gasteiger partial charge in [-0.25, -0.2) is 13.1 Å². The van der Waals surface area contributed by atoms with Crippen LogP contribution in [0.15, 0.2) is 53.4 Å². The molecule has 29 heavy (non-hydrogen) atoms. The molecular weight excluding hydrogens is 396 g/mol. The Morgan fingerprint density at radius 2 is 1.79 bits per heavy atom. The van der Waals surface area contributed by atoms with Gasteiger partial charge >= 0.3 is 0 Å². The molecular formula is C20H24N2O6S. The molecule has 1 saturated heterocycles. The monoisotopic (exact) mass is 420 g/mol. The topological polar surface area (TPSA) is 103 Å². The number of anilines is 1. The van der Waals surface area contributed by atoms with E-state index in [1.807, 2.05) is 0 Å². The second kappa shape index (κ2) is 9.73. The van der Waals surface area contributed by atoms with Crippen LogP contribution in [0.25, 0.3) is 0 Å². The number of ether oxygens (including phenoxy) is 3. The smallest absolute Gasteiger partial charge is 0.262 e. The van der Waals surface area contributed by atoms with Crippen molar-refractivity contribution in [2.24, 2.45) is 0 Å². The standard InChI is InChI=1S/C20H24N2O6S/c1-26-16-6-8-17(9-7-16)28-14-20(23)22-15-4-10-19(11-5-15)29(24,25)21-13-18-3-2-12-27-18/h4-11,18,21H,2-3,12-14H2,1H3,(H,22,23). The Hall–Kier alpha value is -2.62. The number of nitrogens with one attached hydrogen (secondary N) is 2. The van der Waals surface area contributed by atoms with Crippen LogP contribution >= 0.6 is 0 Å². The minimum atomic E-state index is -3.62. The lowest BCUT2D eigenvalue weighted by atomic mass is 10.2. The Bertz CT molecular complexity index is 907. The summed E-state index contributed by atoms with van der Waals surface area (Å²) in [6, 6.07) is 12.8. The van der Waals surface area contributed by atoms with Gasteiger partial charge in [-0.3, -0.25) is 4.79 Å². The highest BCUT2D eigenvalue weighted by Crippen LogP contribution is 2.18. The zero-order chi connectivity index (χ0) is 20.7. The first-order valence-corrected chi connectivity index (χ1v) is 10.7. The van der Waals surface area contributed by atoms with Crippen molar-refractivity contribution in [3.63, 3.8) is 0 Å². The highest BCUT2D eigenvalue weighted by atomic mass is 32.2. The first-order valence-electron chi connectivity index (χ1n) is 9.24. The van der Waals surface area contributed by atoms with Crippen molar-refractivity contribution >= 4 is 21.6 Å². The molecule has 0 aliphatic carbocycles. The quantitative estimate of drug-likeness (QED) is 0.645. The molecule has 0 bridgehead atoms. The lowest BCUT2D eigenvalue weighted by Crippen LogP contribution is -2.31. The molecule has 1 heterocycles. The first-order chi connectivity index (χ1) is 14.0. The zero-order valence-electron chi connectivity index (χ0n) is 16.1. The molecule has 2 N–H and O–H groups in total. The second-order valence-electron chi connectivity index (χ2n) is 6.52. The van der Waals surface area contributed by atoms with Crippen molar-refractivity contribution in [2.45, 2.75) is 23.8 Å². The van der Waals surface area contributed by atoms with E-state index in [2.05, 4.69) is 10.0 Å². The van der Waals surface area contributed by atoms with E-state index in [1.54, 1.807) is 31.4 Å². The zero-order valence-corrected chi connectivity index (χ0v) is 16.9. The van der Waals surface area contributed by atoms with Gasteiger partial charge in [-0.15, -0.1) is 0 Å². The largest absolute Gasteiger partial charge is 0.497 e. The maximum Gasteiger partial charge on any atom is 0.262 e. The Morgan fingerprint density at radius 3 is 2.41 bits per heavy atom. The molecule has 2 aromatic carbocycles. The lowest BCUT2D eigenvalue weighted by Gasteiger charge is -2.12. The molecule has 1 aliphatic heterocycles. The minimum Gasteiger partial charge on any atom is -0.497 e. The van der Waals surface area contributed by atoms with Gasteiger partial charge in [-0.2, -0.15) is 0 Å². The van der Waals surface area contributed by atoms with E-state index in [1.165, 1.54) is 24.3 Å². The molecule has 1 atom stereocenters. The van der Waals surface area contributed by atoms with Crippen LogP contribution in [0.3, 0.4) is 0 Å². The Kier molecular flexibility index (Phi) is 7.08. The van der Waals surface area contributed by atoms with E-state index in [0.717, 1.165) is 12.8 Å². The molecule has 0 aromatic heterocycles. The van der Waals surface area contributed by atoms with Crippen molar-refractivity contribution in [2.75, 3.05) is 32.2 Å². The van der Waals surface area contributed by atoms with Crippen LogP contribution in [0.2, 0.25) is 0 Å². The molecule has 9 heteroatoms. The third-order valence-electron chi connectivity index (χ3n) is 4.40. The fraction of sp³-hybridized carbons (Fsp3) is 0.350. The van der Waals surface area contributed by atoms with Crippen LogP contribution in [0.1, 0.15) is 12.8 Å². The molecule has 0 saturated carbocycles. The summed E-state index contributed by atoms with van der Waals surface area (Å²) >= 11 is 0. The summed E-state index contributed by atoms with van der Waals surface area (Å²) < 4.78 is 43.1. The van der Waals surface area contributed by atoms with Crippen molar-refractivity contribution in [1.82, 2.24) is 4.72 Å². The highest BCUT2D eigenvalue weighted by molar-refractivity contribution is 7.89. The molecule has 0 spiro atoms. The number of carbonyl (C=O) groups excluding carboxylic acids is 1. The minimum absolute atomic E-state index is 0.0750. The Morgan fingerprint density at radius 1 is 1.10 bits per heavy atom. The maximum absolute atomic E-state index is 12.3. The Balaban J connectivity index is 1.49. The summed E-state index contributed by atoms with van der Waals surface area (Å²) in [5.41, 5.74) is 0.478. The lowest BCUT2D eigenvalue weighted by molar-refractivity contribution is -0.118. The average molecular weight is 420 g/mol. The van der Waals surface area contributed by atoms with E-state index in [9.17, 15) is 13.2 Å². The maximum atomic E-state index is 12.3. The molecule has 1 unspecified atom stereocenters. The van der Waals surface area contributed by atoms with Gasteiger partial charge < -0.3 is 19.5 Å². The summed E-state index contributed by atoms with van der Waals surface area (Å²) in [7, 11) is -2.05. The average Bonchev–Trinajstić information content (AvgIpc) is 3.25. The number of hydrogen-bond acceptors (Lipinski definition) is 6. The van der Waals surface area contributed by atoms with E-state index in [-0.39, 0.29) is 30.1 Å². The van der Waals surface area contributed by atoms with E-state index in [4.69, 9.17) is 14.2 Å². The second-order valence-corrected chi connectivity index (χ2v) is 8.29. The number of hydrogen-bond donors (Lipinski definition) is 2. The van der Waals surface area contributed by atoms with Crippen molar-refractivity contribution in [3.8, 4) is 11.5 Å². The molecule has 1 amide bonds. The van der Waals surface area contributed by atoms with Crippen molar-refractivity contribution < 1.29 is 27.4 Å². The molecule has 156 valence electrons. The normalized spacial score (nSPS) is 16.4. The van der Waals surface area contributed by atoms with Crippen LogP contribution in [-0.4, -0.2) is 47.3 Å². The van der Waals surface area contributed by atoms with E-state index in [0.29, 0.717) is 23.8 Å². The molecule has 3 rings (SSSR count). The third-order valence-corrected chi connectivity index (χ3v) is 5.84. The van der Waals surface area contributed by atoms with Crippen LogP contribution in [-0.2, 0) is 19.6 Å². The first kappa shape index (κ1) is 21.1. The number of benzene rings is 2. The van der Waals surface area contributed by atoms with Crippen LogP contribution in [0.5, 0.6) is 11.5 Å². The summed E-state index contributed by atoms with van der Waals surface area (Å²) in [6.45, 7) is 0.752. The van der Waals surface area contributed by atoms with E-state index < -0.39 is 10.0 Å². The van der Waals surface area contributed by atoms with Gasteiger partial charge in [0.2, 0.25) is 10.0 Å². The SMILES string of the molecule is COc1ccc(OCC(=O)Nc2ccc(S(=O)(=O)NCC3CCCO3)cc2)cc1. The van der Waals surface area contributed by atoms with Gasteiger partial charge in [0.25, 0.3) is 5.91 Å². The van der Waals surface area contributed by atoms with Crippen molar-refractivity contribution in [1.29, 1.82) is 0 Å². The molecule has 1 aliphatic rings. The van der Waals surface area contributed by atoms with Gasteiger partial charge in [-0.05, 0) is 61.4 Å². The van der Waals surface area contributed by atoms with Gasteiger partial charge in [0.15, 0.2) is 6.61 Å². The fourth-order valence-corrected chi connectivity index (χ4v) is 3.89. The number of rotatable bonds is 9. The third kappa shape index (κ3) is 6.18. The molecule has 1 fully saturated rings. The summed E-state index contributed by atoms with van der Waals surface area (Å²) in [6.07, 6.45) is 1.73. The van der Waals surface area contributed by atoms with Crippen LogP contribution < -0.4 is 19.5 Å². The Labute approximate surface area is 170 Å². The summed E-state index contributed by atoms with van der Waals surface area (Å²) in [5.74, 6) is 0.884. The summed E-state index contributed by atoms with van der Waals surface area (Å²) in [4.78, 5) is 12.2. The number of sulfonamides is 1.